The first-order chi connectivity index (χ1) is 8.67. The van der Waals surface area contributed by atoms with Crippen molar-refractivity contribution in [3.05, 3.63) is 29.8 Å². The Morgan fingerprint density at radius 2 is 2.00 bits per heavy atom. The number of nitrogens with two attached hydrogens (primary N) is 1. The van der Waals surface area contributed by atoms with Gasteiger partial charge in [-0.2, -0.15) is 0 Å². The lowest BCUT2D eigenvalue weighted by molar-refractivity contribution is 0.386. The maximum atomic E-state index is 6.14. The lowest BCUT2D eigenvalue weighted by Crippen LogP contribution is -2.53. The quantitative estimate of drug-likeness (QED) is 0.886. The van der Waals surface area contributed by atoms with Crippen molar-refractivity contribution in [1.29, 1.82) is 0 Å². The van der Waals surface area contributed by atoms with Gasteiger partial charge < -0.3 is 10.6 Å². The molecule has 0 radical (unpaired) electrons. The zero-order valence-electron chi connectivity index (χ0n) is 11.2. The Labute approximate surface area is 109 Å². The maximum Gasteiger partial charge on any atom is 0.196 e. The molecule has 1 heterocycles. The van der Waals surface area contributed by atoms with Crippen LogP contribution in [0.3, 0.4) is 0 Å². The third-order valence-electron chi connectivity index (χ3n) is 4.43. The number of rotatable bonds is 3. The lowest BCUT2D eigenvalue weighted by atomic mass is 9.88. The van der Waals surface area contributed by atoms with E-state index in [1.54, 1.807) is 0 Å². The van der Waals surface area contributed by atoms with Crippen LogP contribution in [0, 0.1) is 12.8 Å². The summed E-state index contributed by atoms with van der Waals surface area (Å²) in [5.74, 6) is 1.45. The van der Waals surface area contributed by atoms with Gasteiger partial charge in [-0.25, -0.2) is 0 Å². The molecule has 3 nitrogen and oxygen atoms in total. The number of hydrogen-bond acceptors (Lipinski definition) is 3. The summed E-state index contributed by atoms with van der Waals surface area (Å²) in [4.78, 5) is 6.80. The molecule has 1 atom stereocenters. The van der Waals surface area contributed by atoms with E-state index in [-0.39, 0.29) is 5.54 Å². The molecule has 96 valence electrons. The van der Waals surface area contributed by atoms with E-state index in [1.807, 2.05) is 0 Å². The Kier molecular flexibility index (Phi) is 2.58. The molecule has 0 spiro atoms. The fraction of sp³-hybridized carbons (Fsp3) is 0.533. The molecule has 0 saturated heterocycles. The highest BCUT2D eigenvalue weighted by atomic mass is 15.4. The molecule has 1 saturated carbocycles. The second-order valence-corrected chi connectivity index (χ2v) is 5.58. The van der Waals surface area contributed by atoms with Crippen LogP contribution in [0.1, 0.15) is 31.7 Å². The summed E-state index contributed by atoms with van der Waals surface area (Å²) >= 11 is 0. The SMILES string of the molecule is CCC1(C2CC2)CN=C(N)N1c1ccc(C)cc1. The van der Waals surface area contributed by atoms with Crippen LogP contribution in [0.25, 0.3) is 0 Å². The molecule has 1 aliphatic carbocycles. The number of hydrogen-bond donors (Lipinski definition) is 1. The summed E-state index contributed by atoms with van der Waals surface area (Å²) in [5, 5.41) is 0. The average molecular weight is 243 g/mol. The van der Waals surface area contributed by atoms with Crippen LogP contribution >= 0.6 is 0 Å². The highest BCUT2D eigenvalue weighted by Crippen LogP contribution is 2.48. The van der Waals surface area contributed by atoms with Gasteiger partial charge in [0.05, 0.1) is 12.1 Å². The van der Waals surface area contributed by atoms with Crippen LogP contribution in [-0.4, -0.2) is 18.0 Å². The van der Waals surface area contributed by atoms with E-state index in [4.69, 9.17) is 5.73 Å². The van der Waals surface area contributed by atoms with E-state index < -0.39 is 0 Å². The van der Waals surface area contributed by atoms with E-state index in [0.29, 0.717) is 5.96 Å². The Morgan fingerprint density at radius 3 is 2.56 bits per heavy atom. The maximum absolute atomic E-state index is 6.14. The van der Waals surface area contributed by atoms with Gasteiger partial charge in [-0.05, 0) is 44.2 Å². The van der Waals surface area contributed by atoms with Crippen molar-refractivity contribution in [2.45, 2.75) is 38.6 Å². The smallest absolute Gasteiger partial charge is 0.196 e. The number of nitrogens with zero attached hydrogens (tertiary/aromatic N) is 2. The first-order valence-corrected chi connectivity index (χ1v) is 6.84. The highest BCUT2D eigenvalue weighted by molar-refractivity contribution is 5.98. The third kappa shape index (κ3) is 1.61. The van der Waals surface area contributed by atoms with Crippen molar-refractivity contribution in [2.75, 3.05) is 11.4 Å². The largest absolute Gasteiger partial charge is 0.369 e. The molecule has 0 bridgehead atoms. The van der Waals surface area contributed by atoms with Gasteiger partial charge >= 0.3 is 0 Å². The fourth-order valence-corrected chi connectivity index (χ4v) is 3.16. The molecule has 2 N–H and O–H groups in total. The van der Waals surface area contributed by atoms with Gasteiger partial charge in [-0.15, -0.1) is 0 Å². The summed E-state index contributed by atoms with van der Waals surface area (Å²) in [7, 11) is 0. The Balaban J connectivity index is 2.00. The van der Waals surface area contributed by atoms with Gasteiger partial charge in [-0.3, -0.25) is 4.99 Å². The minimum atomic E-state index is 0.138. The minimum absolute atomic E-state index is 0.138. The molecule has 3 rings (SSSR count). The first-order valence-electron chi connectivity index (χ1n) is 6.84. The van der Waals surface area contributed by atoms with Crippen molar-refractivity contribution in [3.63, 3.8) is 0 Å². The van der Waals surface area contributed by atoms with Crippen molar-refractivity contribution in [1.82, 2.24) is 0 Å². The molecule has 3 heteroatoms. The molecular formula is C15H21N3. The minimum Gasteiger partial charge on any atom is -0.369 e. The van der Waals surface area contributed by atoms with E-state index in [0.717, 1.165) is 18.9 Å². The second-order valence-electron chi connectivity index (χ2n) is 5.58. The lowest BCUT2D eigenvalue weighted by Gasteiger charge is -2.39. The summed E-state index contributed by atoms with van der Waals surface area (Å²) in [6.07, 6.45) is 3.74. The van der Waals surface area contributed by atoms with Crippen LogP contribution in [0.15, 0.2) is 29.3 Å². The zero-order chi connectivity index (χ0) is 12.8. The predicted octanol–water partition coefficient (Wildman–Crippen LogP) is 2.69. The number of aliphatic imine (C=N–C) groups is 1. The van der Waals surface area contributed by atoms with Crippen LogP contribution in [0.2, 0.25) is 0 Å². The van der Waals surface area contributed by atoms with Crippen LogP contribution < -0.4 is 10.6 Å². The van der Waals surface area contributed by atoms with Crippen molar-refractivity contribution in [2.24, 2.45) is 16.6 Å². The summed E-state index contributed by atoms with van der Waals surface area (Å²) < 4.78 is 0. The predicted molar refractivity (Wildman–Crippen MR) is 75.9 cm³/mol. The molecule has 1 aromatic rings. The van der Waals surface area contributed by atoms with Crippen molar-refractivity contribution >= 4 is 11.6 Å². The Morgan fingerprint density at radius 1 is 1.33 bits per heavy atom. The number of anilines is 1. The van der Waals surface area contributed by atoms with Crippen molar-refractivity contribution < 1.29 is 0 Å². The number of benzene rings is 1. The third-order valence-corrected chi connectivity index (χ3v) is 4.43. The summed E-state index contributed by atoms with van der Waals surface area (Å²) in [6.45, 7) is 5.22. The topological polar surface area (TPSA) is 41.6 Å². The van der Waals surface area contributed by atoms with Gasteiger partial charge in [0, 0.05) is 5.69 Å². The van der Waals surface area contributed by atoms with Crippen LogP contribution in [0.5, 0.6) is 0 Å². The van der Waals surface area contributed by atoms with Gasteiger partial charge in [0.1, 0.15) is 0 Å². The van der Waals surface area contributed by atoms with E-state index in [1.165, 1.54) is 24.1 Å². The molecular weight excluding hydrogens is 222 g/mol. The zero-order valence-corrected chi connectivity index (χ0v) is 11.2. The number of aryl methyl sites for hydroxylation is 1. The van der Waals surface area contributed by atoms with Gasteiger partial charge in [-0.1, -0.05) is 24.6 Å². The second kappa shape index (κ2) is 4.01. The van der Waals surface area contributed by atoms with Crippen LogP contribution in [-0.2, 0) is 0 Å². The molecule has 0 amide bonds. The Bertz CT molecular complexity index is 473. The normalized spacial score (nSPS) is 27.4. The summed E-state index contributed by atoms with van der Waals surface area (Å²) in [6, 6.07) is 8.62. The molecule has 18 heavy (non-hydrogen) atoms. The van der Waals surface area contributed by atoms with Gasteiger partial charge in [0.25, 0.3) is 0 Å². The molecule has 2 aliphatic rings. The molecule has 1 unspecified atom stereocenters. The van der Waals surface area contributed by atoms with E-state index in [2.05, 4.69) is 48.0 Å². The molecule has 1 fully saturated rings. The van der Waals surface area contributed by atoms with E-state index in [9.17, 15) is 0 Å². The fourth-order valence-electron chi connectivity index (χ4n) is 3.16. The first kappa shape index (κ1) is 11.6. The molecule has 0 aromatic heterocycles. The summed E-state index contributed by atoms with van der Waals surface area (Å²) in [5.41, 5.74) is 8.75. The average Bonchev–Trinajstić information content (AvgIpc) is 3.17. The molecule has 1 aromatic carbocycles. The highest BCUT2D eigenvalue weighted by Gasteiger charge is 2.51. The van der Waals surface area contributed by atoms with E-state index >= 15 is 0 Å². The molecule has 1 aliphatic heterocycles. The van der Waals surface area contributed by atoms with Gasteiger partial charge in [0.2, 0.25) is 0 Å². The monoisotopic (exact) mass is 243 g/mol. The number of guanidine groups is 1. The van der Waals surface area contributed by atoms with Crippen LogP contribution in [0.4, 0.5) is 5.69 Å². The Hall–Kier alpha value is -1.51. The standard InChI is InChI=1S/C15H21N3/c1-3-15(12-6-7-12)10-17-14(16)18(15)13-8-4-11(2)5-9-13/h4-5,8-9,12H,3,6-7,10H2,1-2H3,(H2,16,17). The van der Waals surface area contributed by atoms with Gasteiger partial charge in [0.15, 0.2) is 5.96 Å². The van der Waals surface area contributed by atoms with Crippen molar-refractivity contribution in [3.8, 4) is 0 Å².